The predicted octanol–water partition coefficient (Wildman–Crippen LogP) is 4.48. The van der Waals surface area contributed by atoms with E-state index in [1.165, 1.54) is 30.4 Å². The number of nitrogens with zero attached hydrogens (tertiary/aromatic N) is 2. The summed E-state index contributed by atoms with van der Waals surface area (Å²) in [5, 5.41) is 16.0. The minimum absolute atomic E-state index is 0.0728. The van der Waals surface area contributed by atoms with Crippen molar-refractivity contribution in [1.29, 1.82) is 0 Å². The molecular formula is C29H33N3O8. The third kappa shape index (κ3) is 6.73. The molecule has 2 unspecified atom stereocenters. The number of dihydropyridines is 1. The van der Waals surface area contributed by atoms with E-state index in [1.807, 2.05) is 30.3 Å². The van der Waals surface area contributed by atoms with Gasteiger partial charge >= 0.3 is 11.9 Å². The average Bonchev–Trinajstić information content (AvgIpc) is 2.96. The van der Waals surface area contributed by atoms with Crippen LogP contribution in [0.3, 0.4) is 0 Å². The molecule has 2 aromatic rings. The summed E-state index contributed by atoms with van der Waals surface area (Å²) in [5.74, 6) is -2.36. The molecule has 1 aliphatic rings. The van der Waals surface area contributed by atoms with E-state index >= 15 is 0 Å². The zero-order valence-electron chi connectivity index (χ0n) is 22.9. The van der Waals surface area contributed by atoms with Crippen LogP contribution in [0, 0.1) is 10.1 Å². The van der Waals surface area contributed by atoms with E-state index in [0.29, 0.717) is 29.8 Å². The van der Waals surface area contributed by atoms with Gasteiger partial charge in [-0.3, -0.25) is 19.7 Å². The van der Waals surface area contributed by atoms with Crippen LogP contribution < -0.4 is 5.32 Å². The Kier molecular flexibility index (Phi) is 10.5. The fourth-order valence-electron chi connectivity index (χ4n) is 4.82. The molecule has 1 N–H and O–H groups in total. The van der Waals surface area contributed by atoms with Gasteiger partial charge in [0.15, 0.2) is 0 Å². The molecule has 0 bridgehead atoms. The number of esters is 2. The van der Waals surface area contributed by atoms with E-state index in [0.717, 1.165) is 5.56 Å². The van der Waals surface area contributed by atoms with Gasteiger partial charge in [-0.05, 0) is 44.7 Å². The second kappa shape index (κ2) is 14.0. The average molecular weight is 552 g/mol. The minimum Gasteiger partial charge on any atom is -0.466 e. The molecular weight excluding hydrogens is 518 g/mol. The molecule has 0 saturated carbocycles. The van der Waals surface area contributed by atoms with Crippen LogP contribution in [0.5, 0.6) is 0 Å². The highest BCUT2D eigenvalue weighted by molar-refractivity contribution is 6.00. The maximum absolute atomic E-state index is 13.5. The zero-order valence-corrected chi connectivity index (χ0v) is 22.9. The molecule has 11 heteroatoms. The Morgan fingerprint density at radius 2 is 1.80 bits per heavy atom. The number of nitro benzene ring substituents is 1. The van der Waals surface area contributed by atoms with Crippen molar-refractivity contribution in [2.45, 2.75) is 45.6 Å². The van der Waals surface area contributed by atoms with Gasteiger partial charge in [-0.25, -0.2) is 14.7 Å². The topological polar surface area (TPSA) is 137 Å². The van der Waals surface area contributed by atoms with E-state index < -0.39 is 28.8 Å². The first-order chi connectivity index (χ1) is 19.3. The molecule has 0 aromatic heterocycles. The molecule has 2 atom stereocenters. The van der Waals surface area contributed by atoms with E-state index in [9.17, 15) is 24.5 Å². The van der Waals surface area contributed by atoms with Crippen LogP contribution in [0.4, 0.5) is 5.69 Å². The highest BCUT2D eigenvalue weighted by Crippen LogP contribution is 2.42. The smallest absolute Gasteiger partial charge is 0.336 e. The van der Waals surface area contributed by atoms with Crippen LogP contribution in [0.15, 0.2) is 77.1 Å². The van der Waals surface area contributed by atoms with Crippen LogP contribution in [0.25, 0.3) is 0 Å². The van der Waals surface area contributed by atoms with Gasteiger partial charge in [-0.1, -0.05) is 42.5 Å². The van der Waals surface area contributed by atoms with Crippen molar-refractivity contribution in [3.8, 4) is 0 Å². The van der Waals surface area contributed by atoms with Gasteiger partial charge in [0.25, 0.3) is 5.69 Å². The Labute approximate surface area is 232 Å². The number of nitro groups is 1. The maximum Gasteiger partial charge on any atom is 0.336 e. The van der Waals surface area contributed by atoms with Crippen LogP contribution in [-0.4, -0.2) is 48.7 Å². The molecule has 0 radical (unpaired) electrons. The van der Waals surface area contributed by atoms with Gasteiger partial charge in [-0.15, -0.1) is 0 Å². The number of amides is 1. The summed E-state index contributed by atoms with van der Waals surface area (Å²) in [7, 11) is 1.22. The Morgan fingerprint density at radius 1 is 1.07 bits per heavy atom. The highest BCUT2D eigenvalue weighted by Gasteiger charge is 2.39. The second-order valence-corrected chi connectivity index (χ2v) is 8.90. The molecule has 1 aliphatic heterocycles. The maximum atomic E-state index is 13.5. The number of hydrogen-bond acceptors (Lipinski definition) is 9. The van der Waals surface area contributed by atoms with Crippen molar-refractivity contribution >= 4 is 24.0 Å². The first kappa shape index (κ1) is 30.0. The molecule has 2 aromatic carbocycles. The second-order valence-electron chi connectivity index (χ2n) is 8.90. The Hall–Kier alpha value is -4.51. The number of carbonyl (C=O) groups is 3. The molecule has 212 valence electrons. The third-order valence-corrected chi connectivity index (χ3v) is 6.50. The third-order valence-electron chi connectivity index (χ3n) is 6.50. The largest absolute Gasteiger partial charge is 0.466 e. The summed E-state index contributed by atoms with van der Waals surface area (Å²) in [6.45, 7) is 5.45. The van der Waals surface area contributed by atoms with Crippen LogP contribution in [0.2, 0.25) is 0 Å². The summed E-state index contributed by atoms with van der Waals surface area (Å²) < 4.78 is 10.4. The lowest BCUT2D eigenvalue weighted by Crippen LogP contribution is -2.34. The fraction of sp³-hybridized carbons (Fsp3) is 0.345. The number of hydrogen-bond donors (Lipinski definition) is 1. The summed E-state index contributed by atoms with van der Waals surface area (Å²) >= 11 is 0. The van der Waals surface area contributed by atoms with E-state index in [1.54, 1.807) is 26.8 Å². The molecule has 11 nitrogen and oxygen atoms in total. The standard InChI is InChI=1S/C29H33N3O8/c1-5-39-29(35)27-23(15-16-24(31(18-33)40-6-2)20-11-8-7-9-12-20)30-19(3)25(28(34)38-4)26(27)21-13-10-14-22(17-21)32(36)37/h7-14,17-18,24,26,30H,5-6,15-16H2,1-4H3. The normalized spacial score (nSPS) is 15.7. The van der Waals surface area contributed by atoms with Gasteiger partial charge < -0.3 is 14.8 Å². The van der Waals surface area contributed by atoms with Gasteiger partial charge in [0.1, 0.15) is 0 Å². The minimum atomic E-state index is -0.994. The van der Waals surface area contributed by atoms with Crippen LogP contribution in [-0.2, 0) is 28.7 Å². The molecule has 3 rings (SSSR count). The Bertz CT molecular complexity index is 1310. The van der Waals surface area contributed by atoms with Gasteiger partial charge in [0.2, 0.25) is 6.41 Å². The molecule has 0 saturated heterocycles. The molecule has 1 amide bonds. The van der Waals surface area contributed by atoms with Crippen molar-refractivity contribution in [3.05, 3.63) is 98.4 Å². The monoisotopic (exact) mass is 551 g/mol. The molecule has 1 heterocycles. The van der Waals surface area contributed by atoms with Crippen molar-refractivity contribution in [2.24, 2.45) is 0 Å². The lowest BCUT2D eigenvalue weighted by atomic mass is 9.79. The summed E-state index contributed by atoms with van der Waals surface area (Å²) in [6, 6.07) is 14.6. The number of methoxy groups -OCH3 is 1. The zero-order chi connectivity index (χ0) is 29.2. The molecule has 0 spiro atoms. The van der Waals surface area contributed by atoms with Gasteiger partial charge in [-0.2, -0.15) is 0 Å². The molecule has 0 aliphatic carbocycles. The SMILES string of the molecule is CCOC(=O)C1=C(CCC(c2ccccc2)N(C=O)OCC)NC(C)=C(C(=O)OC)C1c1cccc([N+](=O)[O-])c1. The first-order valence-electron chi connectivity index (χ1n) is 12.9. The highest BCUT2D eigenvalue weighted by atomic mass is 16.7. The number of benzene rings is 2. The van der Waals surface area contributed by atoms with Gasteiger partial charge in [0, 0.05) is 23.5 Å². The van der Waals surface area contributed by atoms with Crippen LogP contribution in [0.1, 0.15) is 56.7 Å². The summed E-state index contributed by atoms with van der Waals surface area (Å²) in [4.78, 5) is 54.9. The first-order valence-corrected chi connectivity index (χ1v) is 12.9. The van der Waals surface area contributed by atoms with Crippen molar-refractivity contribution in [1.82, 2.24) is 10.4 Å². The van der Waals surface area contributed by atoms with E-state index in [2.05, 4.69) is 5.32 Å². The number of ether oxygens (including phenoxy) is 2. The molecule has 40 heavy (non-hydrogen) atoms. The van der Waals surface area contributed by atoms with Crippen molar-refractivity contribution in [3.63, 3.8) is 0 Å². The number of non-ortho nitro benzene ring substituents is 1. The quantitative estimate of drug-likeness (QED) is 0.165. The Balaban J connectivity index is 2.16. The lowest BCUT2D eigenvalue weighted by Gasteiger charge is -2.33. The number of nitrogens with one attached hydrogen (secondary N) is 1. The van der Waals surface area contributed by atoms with Gasteiger partial charge in [0.05, 0.1) is 48.4 Å². The summed E-state index contributed by atoms with van der Waals surface area (Å²) in [5.41, 5.74) is 2.16. The molecule has 0 fully saturated rings. The van der Waals surface area contributed by atoms with Crippen molar-refractivity contribution in [2.75, 3.05) is 20.3 Å². The predicted molar refractivity (Wildman–Crippen MR) is 145 cm³/mol. The van der Waals surface area contributed by atoms with Crippen LogP contribution >= 0.6 is 0 Å². The number of carbonyl (C=O) groups excluding carboxylic acids is 3. The van der Waals surface area contributed by atoms with E-state index in [-0.39, 0.29) is 36.5 Å². The lowest BCUT2D eigenvalue weighted by molar-refractivity contribution is -0.384. The number of allylic oxidation sites excluding steroid dienone is 2. The number of hydroxylamine groups is 2. The van der Waals surface area contributed by atoms with E-state index in [4.69, 9.17) is 14.3 Å². The Morgan fingerprint density at radius 3 is 2.40 bits per heavy atom. The number of rotatable bonds is 13. The van der Waals surface area contributed by atoms with Crippen molar-refractivity contribution < 1.29 is 33.6 Å². The fourth-order valence-corrected chi connectivity index (χ4v) is 4.82. The summed E-state index contributed by atoms with van der Waals surface area (Å²) in [6.07, 6.45) is 1.21.